The number of rotatable bonds is 1. The van der Waals surface area contributed by atoms with Crippen LogP contribution in [0.3, 0.4) is 0 Å². The van der Waals surface area contributed by atoms with E-state index < -0.39 is 0 Å². The Hall–Kier alpha value is -1.22. The van der Waals surface area contributed by atoms with Gasteiger partial charge in [-0.25, -0.2) is 0 Å². The number of nitrogens with zero attached hydrogens (tertiary/aromatic N) is 2. The van der Waals surface area contributed by atoms with Crippen LogP contribution in [0.2, 0.25) is 0 Å². The quantitative estimate of drug-likeness (QED) is 0.783. The second-order valence-electron chi connectivity index (χ2n) is 4.81. The molecule has 1 aliphatic rings. The number of hydrogen-bond acceptors (Lipinski definition) is 3. The third-order valence-electron chi connectivity index (χ3n) is 3.46. The Labute approximate surface area is 97.3 Å². The van der Waals surface area contributed by atoms with Gasteiger partial charge in [0.2, 0.25) is 0 Å². The summed E-state index contributed by atoms with van der Waals surface area (Å²) in [5, 5.41) is 9.51. The molecule has 0 aliphatic carbocycles. The molecule has 3 heteroatoms. The van der Waals surface area contributed by atoms with Crippen LogP contribution >= 0.6 is 0 Å². The molecule has 0 bridgehead atoms. The lowest BCUT2D eigenvalue weighted by molar-refractivity contribution is 0.206. The minimum Gasteiger partial charge on any atom is -0.508 e. The zero-order chi connectivity index (χ0) is 11.7. The van der Waals surface area contributed by atoms with E-state index in [1.807, 2.05) is 12.1 Å². The van der Waals surface area contributed by atoms with Gasteiger partial charge in [-0.2, -0.15) is 0 Å². The van der Waals surface area contributed by atoms with E-state index in [0.717, 1.165) is 18.8 Å². The number of phenols is 1. The molecule has 1 aromatic carbocycles. The topological polar surface area (TPSA) is 26.7 Å². The summed E-state index contributed by atoms with van der Waals surface area (Å²) >= 11 is 0. The first-order valence-corrected chi connectivity index (χ1v) is 5.84. The van der Waals surface area contributed by atoms with Crippen molar-refractivity contribution in [2.75, 3.05) is 25.0 Å². The molecule has 16 heavy (non-hydrogen) atoms. The number of phenolic OH excluding ortho intramolecular Hbond substituents is 1. The van der Waals surface area contributed by atoms with Crippen LogP contribution in [0.15, 0.2) is 24.3 Å². The van der Waals surface area contributed by atoms with Crippen molar-refractivity contribution >= 4 is 5.69 Å². The number of hydrogen-bond donors (Lipinski definition) is 1. The first-order chi connectivity index (χ1) is 7.58. The Kier molecular flexibility index (Phi) is 3.06. The summed E-state index contributed by atoms with van der Waals surface area (Å²) in [7, 11) is 2.17. The Morgan fingerprint density at radius 1 is 1.19 bits per heavy atom. The standard InChI is InChI=1S/C13H20N2O/c1-10-9-15(11(2)8-14(10)3)12-5-4-6-13(16)7-12/h4-7,10-11,16H,8-9H2,1-3H3/t10-,11+/m1/s1. The average Bonchev–Trinajstić information content (AvgIpc) is 2.23. The largest absolute Gasteiger partial charge is 0.508 e. The van der Waals surface area contributed by atoms with Crippen LogP contribution in [-0.2, 0) is 0 Å². The molecule has 0 aromatic heterocycles. The summed E-state index contributed by atoms with van der Waals surface area (Å²) in [6.45, 7) is 6.55. The van der Waals surface area contributed by atoms with Crippen molar-refractivity contribution in [2.45, 2.75) is 25.9 Å². The molecule has 0 spiro atoms. The summed E-state index contributed by atoms with van der Waals surface area (Å²) in [6, 6.07) is 8.57. The Morgan fingerprint density at radius 2 is 1.94 bits per heavy atom. The fraction of sp³-hybridized carbons (Fsp3) is 0.538. The predicted molar refractivity (Wildman–Crippen MR) is 67.0 cm³/mol. The Morgan fingerprint density at radius 3 is 2.62 bits per heavy atom. The van der Waals surface area contributed by atoms with Crippen molar-refractivity contribution in [3.63, 3.8) is 0 Å². The van der Waals surface area contributed by atoms with Crippen molar-refractivity contribution in [3.8, 4) is 5.75 Å². The molecule has 2 atom stereocenters. The monoisotopic (exact) mass is 220 g/mol. The molecule has 1 saturated heterocycles. The van der Waals surface area contributed by atoms with Crippen LogP contribution in [-0.4, -0.2) is 42.2 Å². The van der Waals surface area contributed by atoms with Crippen molar-refractivity contribution in [1.82, 2.24) is 4.90 Å². The molecule has 0 unspecified atom stereocenters. The lowest BCUT2D eigenvalue weighted by Gasteiger charge is -2.43. The van der Waals surface area contributed by atoms with E-state index >= 15 is 0 Å². The number of benzene rings is 1. The highest BCUT2D eigenvalue weighted by Crippen LogP contribution is 2.25. The van der Waals surface area contributed by atoms with Gasteiger partial charge in [0.25, 0.3) is 0 Å². The van der Waals surface area contributed by atoms with Crippen LogP contribution in [0.25, 0.3) is 0 Å². The average molecular weight is 220 g/mol. The van der Waals surface area contributed by atoms with Gasteiger partial charge in [0, 0.05) is 36.9 Å². The van der Waals surface area contributed by atoms with E-state index in [4.69, 9.17) is 0 Å². The molecule has 1 N–H and O–H groups in total. The van der Waals surface area contributed by atoms with Gasteiger partial charge in [-0.3, -0.25) is 4.90 Å². The van der Waals surface area contributed by atoms with E-state index in [1.54, 1.807) is 6.07 Å². The maximum atomic E-state index is 9.51. The van der Waals surface area contributed by atoms with Crippen LogP contribution < -0.4 is 4.90 Å². The van der Waals surface area contributed by atoms with Crippen molar-refractivity contribution in [2.24, 2.45) is 0 Å². The summed E-state index contributed by atoms with van der Waals surface area (Å²) in [5.74, 6) is 0.344. The van der Waals surface area contributed by atoms with Gasteiger partial charge >= 0.3 is 0 Å². The maximum absolute atomic E-state index is 9.51. The number of aromatic hydroxyl groups is 1. The minimum atomic E-state index is 0.344. The zero-order valence-electron chi connectivity index (χ0n) is 10.2. The van der Waals surface area contributed by atoms with Gasteiger partial charge in [-0.1, -0.05) is 6.07 Å². The molecule has 1 aromatic rings. The first-order valence-electron chi connectivity index (χ1n) is 5.84. The molecule has 88 valence electrons. The van der Waals surface area contributed by atoms with Gasteiger partial charge in [0.15, 0.2) is 0 Å². The molecule has 1 fully saturated rings. The fourth-order valence-corrected chi connectivity index (χ4v) is 2.33. The van der Waals surface area contributed by atoms with E-state index in [0.29, 0.717) is 17.8 Å². The molecule has 3 nitrogen and oxygen atoms in total. The van der Waals surface area contributed by atoms with Gasteiger partial charge in [0.1, 0.15) is 5.75 Å². The summed E-state index contributed by atoms with van der Waals surface area (Å²) < 4.78 is 0. The van der Waals surface area contributed by atoms with Crippen molar-refractivity contribution in [3.05, 3.63) is 24.3 Å². The summed E-state index contributed by atoms with van der Waals surface area (Å²) in [6.07, 6.45) is 0. The van der Waals surface area contributed by atoms with Crippen molar-refractivity contribution < 1.29 is 5.11 Å². The molecule has 0 saturated carbocycles. The number of anilines is 1. The van der Waals surface area contributed by atoms with Crippen LogP contribution in [0.5, 0.6) is 5.75 Å². The zero-order valence-corrected chi connectivity index (χ0v) is 10.2. The molecule has 0 amide bonds. The molecule has 0 radical (unpaired) electrons. The third kappa shape index (κ3) is 2.14. The summed E-state index contributed by atoms with van der Waals surface area (Å²) in [5.41, 5.74) is 1.12. The number of likely N-dealkylation sites (N-methyl/N-ethyl adjacent to an activating group) is 1. The van der Waals surface area contributed by atoms with Crippen LogP contribution in [0, 0.1) is 0 Å². The SMILES string of the molecule is C[C@@H]1CN(c2cccc(O)c2)[C@@H](C)CN1C. The third-order valence-corrected chi connectivity index (χ3v) is 3.46. The van der Waals surface area contributed by atoms with Gasteiger partial charge < -0.3 is 10.0 Å². The second-order valence-corrected chi connectivity index (χ2v) is 4.81. The van der Waals surface area contributed by atoms with E-state index in [2.05, 4.69) is 36.8 Å². The maximum Gasteiger partial charge on any atom is 0.117 e. The highest BCUT2D eigenvalue weighted by atomic mass is 16.3. The van der Waals surface area contributed by atoms with E-state index in [9.17, 15) is 5.11 Å². The van der Waals surface area contributed by atoms with Gasteiger partial charge in [-0.05, 0) is 33.0 Å². The van der Waals surface area contributed by atoms with Crippen LogP contribution in [0.4, 0.5) is 5.69 Å². The smallest absolute Gasteiger partial charge is 0.117 e. The highest BCUT2D eigenvalue weighted by molar-refractivity contribution is 5.51. The molecule has 1 heterocycles. The molecule has 2 rings (SSSR count). The molecular weight excluding hydrogens is 200 g/mol. The van der Waals surface area contributed by atoms with Gasteiger partial charge in [-0.15, -0.1) is 0 Å². The van der Waals surface area contributed by atoms with Gasteiger partial charge in [0.05, 0.1) is 0 Å². The molecular formula is C13H20N2O. The fourth-order valence-electron chi connectivity index (χ4n) is 2.33. The van der Waals surface area contributed by atoms with E-state index in [-0.39, 0.29) is 0 Å². The highest BCUT2D eigenvalue weighted by Gasteiger charge is 2.26. The molecule has 1 aliphatic heterocycles. The lowest BCUT2D eigenvalue weighted by Crippen LogP contribution is -2.55. The summed E-state index contributed by atoms with van der Waals surface area (Å²) in [4.78, 5) is 4.74. The Balaban J connectivity index is 2.20. The lowest BCUT2D eigenvalue weighted by atomic mass is 10.1. The predicted octanol–water partition coefficient (Wildman–Crippen LogP) is 1.92. The van der Waals surface area contributed by atoms with E-state index in [1.165, 1.54) is 0 Å². The normalized spacial score (nSPS) is 27.1. The minimum absolute atomic E-state index is 0.344. The second kappa shape index (κ2) is 4.34. The first kappa shape index (κ1) is 11.3. The van der Waals surface area contributed by atoms with Crippen molar-refractivity contribution in [1.29, 1.82) is 0 Å². The Bertz CT molecular complexity index is 367. The number of piperazine rings is 1. The van der Waals surface area contributed by atoms with Crippen LogP contribution in [0.1, 0.15) is 13.8 Å².